The highest BCUT2D eigenvalue weighted by Crippen LogP contribution is 2.33. The van der Waals surface area contributed by atoms with E-state index in [4.69, 9.17) is 0 Å². The molecule has 0 fully saturated rings. The van der Waals surface area contributed by atoms with Crippen molar-refractivity contribution in [3.8, 4) is 0 Å². The minimum Gasteiger partial charge on any atom is -0.480 e. The van der Waals surface area contributed by atoms with Gasteiger partial charge in [-0.2, -0.15) is 0 Å². The molecule has 0 radical (unpaired) electrons. The number of rotatable bonds is 3. The number of benzene rings is 2. The van der Waals surface area contributed by atoms with Gasteiger partial charge in [0.2, 0.25) is 0 Å². The molecule has 1 atom stereocenters. The Labute approximate surface area is 159 Å². The van der Waals surface area contributed by atoms with Crippen molar-refractivity contribution < 1.29 is 24.6 Å². The maximum atomic E-state index is 13.0. The van der Waals surface area contributed by atoms with E-state index in [1.54, 1.807) is 48.5 Å². The predicted octanol–water partition coefficient (Wildman–Crippen LogP) is 2.75. The summed E-state index contributed by atoms with van der Waals surface area (Å²) >= 11 is 0. The molecule has 3 aromatic rings. The van der Waals surface area contributed by atoms with E-state index in [1.165, 1.54) is 0 Å². The topological polar surface area (TPSA) is 111 Å². The zero-order valence-corrected chi connectivity index (χ0v) is 14.6. The standard InChI is InChI=1S/C21H16N2O5/c24-19(12-6-2-1-3-7-12)23-11-15(20(25)26)18-14(10-17(23)21(27)28)13-8-4-5-9-16(13)22-18/h1-9,11,17,22H,10H2,(H,25,26)(H,27,28). The number of carbonyl (C=O) groups is 3. The molecule has 0 aliphatic carbocycles. The third kappa shape index (κ3) is 2.83. The van der Waals surface area contributed by atoms with E-state index in [0.29, 0.717) is 16.8 Å². The van der Waals surface area contributed by atoms with Crippen LogP contribution in [0.25, 0.3) is 16.5 Å². The second-order valence-corrected chi connectivity index (χ2v) is 6.51. The molecule has 1 aliphatic heterocycles. The number of carbonyl (C=O) groups excluding carboxylic acids is 1. The van der Waals surface area contributed by atoms with Gasteiger partial charge in [-0.3, -0.25) is 9.69 Å². The van der Waals surface area contributed by atoms with Crippen molar-refractivity contribution in [1.29, 1.82) is 0 Å². The van der Waals surface area contributed by atoms with E-state index in [9.17, 15) is 24.6 Å². The molecule has 0 spiro atoms. The van der Waals surface area contributed by atoms with Crippen LogP contribution in [0.4, 0.5) is 0 Å². The number of aromatic amines is 1. The Morgan fingerprint density at radius 2 is 1.64 bits per heavy atom. The fraction of sp³-hybridized carbons (Fsp3) is 0.0952. The van der Waals surface area contributed by atoms with Crippen LogP contribution in [-0.2, 0) is 16.0 Å². The molecule has 1 aliphatic rings. The number of amides is 1. The van der Waals surface area contributed by atoms with E-state index in [1.807, 2.05) is 6.07 Å². The van der Waals surface area contributed by atoms with Crippen LogP contribution < -0.4 is 0 Å². The van der Waals surface area contributed by atoms with Crippen LogP contribution in [-0.4, -0.2) is 44.0 Å². The molecule has 3 N–H and O–H groups in total. The fourth-order valence-electron chi connectivity index (χ4n) is 3.53. The van der Waals surface area contributed by atoms with Crippen molar-refractivity contribution in [1.82, 2.24) is 9.88 Å². The number of aromatic nitrogens is 1. The number of carboxylic acid groups (broad SMARTS) is 2. The van der Waals surface area contributed by atoms with E-state index < -0.39 is 23.9 Å². The van der Waals surface area contributed by atoms with Gasteiger partial charge in [-0.1, -0.05) is 36.4 Å². The predicted molar refractivity (Wildman–Crippen MR) is 102 cm³/mol. The Morgan fingerprint density at radius 1 is 0.964 bits per heavy atom. The van der Waals surface area contributed by atoms with Gasteiger partial charge in [0.15, 0.2) is 0 Å². The average Bonchev–Trinajstić information content (AvgIpc) is 2.95. The molecule has 1 aromatic heterocycles. The molecule has 2 heterocycles. The summed E-state index contributed by atoms with van der Waals surface area (Å²) in [5, 5.41) is 20.3. The van der Waals surface area contributed by atoms with Gasteiger partial charge in [0, 0.05) is 29.1 Å². The molecule has 2 aromatic carbocycles. The Bertz CT molecular complexity index is 1130. The minimum absolute atomic E-state index is 0.0134. The molecule has 7 nitrogen and oxygen atoms in total. The number of para-hydroxylation sites is 1. The first-order chi connectivity index (χ1) is 13.5. The van der Waals surface area contributed by atoms with Gasteiger partial charge in [-0.15, -0.1) is 0 Å². The van der Waals surface area contributed by atoms with Crippen molar-refractivity contribution >= 4 is 34.3 Å². The summed E-state index contributed by atoms with van der Waals surface area (Å²) in [6, 6.07) is 14.2. The molecule has 140 valence electrons. The lowest BCUT2D eigenvalue weighted by Gasteiger charge is -2.24. The van der Waals surface area contributed by atoms with Gasteiger partial charge in [-0.05, 0) is 23.8 Å². The Balaban J connectivity index is 1.92. The summed E-state index contributed by atoms with van der Waals surface area (Å²) in [6.45, 7) is 0. The van der Waals surface area contributed by atoms with Gasteiger partial charge in [0.25, 0.3) is 5.91 Å². The quantitative estimate of drug-likeness (QED) is 0.651. The number of nitrogens with zero attached hydrogens (tertiary/aromatic N) is 1. The molecular formula is C21H16N2O5. The van der Waals surface area contributed by atoms with Crippen LogP contribution in [0.3, 0.4) is 0 Å². The van der Waals surface area contributed by atoms with Crippen molar-refractivity contribution in [2.24, 2.45) is 0 Å². The van der Waals surface area contributed by atoms with Gasteiger partial charge in [-0.25, -0.2) is 9.59 Å². The molecule has 4 rings (SSSR count). The second-order valence-electron chi connectivity index (χ2n) is 6.51. The largest absolute Gasteiger partial charge is 0.480 e. The number of H-pyrrole nitrogens is 1. The molecular weight excluding hydrogens is 360 g/mol. The number of hydrogen-bond donors (Lipinski definition) is 3. The van der Waals surface area contributed by atoms with Gasteiger partial charge in [0.05, 0.1) is 11.3 Å². The van der Waals surface area contributed by atoms with Crippen molar-refractivity contribution in [2.45, 2.75) is 12.5 Å². The monoisotopic (exact) mass is 376 g/mol. The Morgan fingerprint density at radius 3 is 2.32 bits per heavy atom. The fourth-order valence-corrected chi connectivity index (χ4v) is 3.53. The molecule has 1 unspecified atom stereocenters. The molecule has 0 bridgehead atoms. The average molecular weight is 376 g/mol. The first kappa shape index (κ1) is 17.5. The number of aliphatic carboxylic acids is 2. The zero-order valence-electron chi connectivity index (χ0n) is 14.6. The molecule has 7 heteroatoms. The second kappa shape index (κ2) is 6.70. The zero-order chi connectivity index (χ0) is 19.8. The van der Waals surface area contributed by atoms with Crippen LogP contribution in [0, 0.1) is 0 Å². The summed E-state index contributed by atoms with van der Waals surface area (Å²) in [5.41, 5.74) is 1.74. The molecule has 0 saturated heterocycles. The maximum absolute atomic E-state index is 13.0. The van der Waals surface area contributed by atoms with E-state index in [0.717, 1.165) is 16.5 Å². The van der Waals surface area contributed by atoms with E-state index >= 15 is 0 Å². The summed E-state index contributed by atoms with van der Waals surface area (Å²) in [4.78, 5) is 41.0. The Hall–Kier alpha value is -3.87. The van der Waals surface area contributed by atoms with Crippen LogP contribution >= 0.6 is 0 Å². The van der Waals surface area contributed by atoms with Gasteiger partial charge < -0.3 is 15.2 Å². The summed E-state index contributed by atoms with van der Waals surface area (Å²) < 4.78 is 0. The highest BCUT2D eigenvalue weighted by Gasteiger charge is 2.36. The number of carboxylic acids is 2. The van der Waals surface area contributed by atoms with Crippen molar-refractivity contribution in [2.75, 3.05) is 0 Å². The minimum atomic E-state index is -1.25. The molecule has 28 heavy (non-hydrogen) atoms. The number of fused-ring (bicyclic) bond motifs is 3. The van der Waals surface area contributed by atoms with Crippen LogP contribution in [0.15, 0.2) is 60.8 Å². The normalized spacial score (nSPS) is 16.2. The molecule has 0 saturated carbocycles. The third-order valence-electron chi connectivity index (χ3n) is 4.86. The SMILES string of the molecule is O=C(O)C1=CN(C(=O)c2ccccc2)C(C(=O)O)Cc2c1[nH]c1ccccc21. The van der Waals surface area contributed by atoms with E-state index in [-0.39, 0.29) is 17.6 Å². The highest BCUT2D eigenvalue weighted by atomic mass is 16.4. The molecule has 1 amide bonds. The van der Waals surface area contributed by atoms with Gasteiger partial charge >= 0.3 is 11.9 Å². The van der Waals surface area contributed by atoms with Gasteiger partial charge in [0.1, 0.15) is 6.04 Å². The number of nitrogens with one attached hydrogen (secondary N) is 1. The lowest BCUT2D eigenvalue weighted by molar-refractivity contribution is -0.141. The van der Waals surface area contributed by atoms with Crippen molar-refractivity contribution in [3.63, 3.8) is 0 Å². The first-order valence-electron chi connectivity index (χ1n) is 8.63. The number of hydrogen-bond acceptors (Lipinski definition) is 3. The summed E-state index contributed by atoms with van der Waals surface area (Å²) in [6.07, 6.45) is 1.11. The smallest absolute Gasteiger partial charge is 0.339 e. The first-order valence-corrected chi connectivity index (χ1v) is 8.63. The van der Waals surface area contributed by atoms with Crippen molar-refractivity contribution in [3.05, 3.63) is 77.6 Å². The van der Waals surface area contributed by atoms with Crippen LogP contribution in [0.1, 0.15) is 21.6 Å². The Kier molecular flexibility index (Phi) is 4.19. The highest BCUT2D eigenvalue weighted by molar-refractivity contribution is 6.17. The van der Waals surface area contributed by atoms with Crippen LogP contribution in [0.5, 0.6) is 0 Å². The third-order valence-corrected chi connectivity index (χ3v) is 4.86. The summed E-state index contributed by atoms with van der Waals surface area (Å²) in [5.74, 6) is -3.02. The lowest BCUT2D eigenvalue weighted by Crippen LogP contribution is -2.42. The summed E-state index contributed by atoms with van der Waals surface area (Å²) in [7, 11) is 0. The lowest BCUT2D eigenvalue weighted by atomic mass is 10.0. The maximum Gasteiger partial charge on any atom is 0.339 e. The van der Waals surface area contributed by atoms with E-state index in [2.05, 4.69) is 4.98 Å². The van der Waals surface area contributed by atoms with Crippen LogP contribution in [0.2, 0.25) is 0 Å².